The smallest absolute Gasteiger partial charge is 0.319 e. The van der Waals surface area contributed by atoms with Crippen LogP contribution < -0.4 is 10.6 Å². The minimum absolute atomic E-state index is 0.122. The van der Waals surface area contributed by atoms with Crippen LogP contribution in [0.5, 0.6) is 0 Å². The number of anilines is 1. The highest BCUT2D eigenvalue weighted by Gasteiger charge is 2.07. The highest BCUT2D eigenvalue weighted by molar-refractivity contribution is 5.99. The summed E-state index contributed by atoms with van der Waals surface area (Å²) in [5.41, 5.74) is 1.77. The number of nitrogens with zero attached hydrogens (tertiary/aromatic N) is 1. The van der Waals surface area contributed by atoms with Gasteiger partial charge in [0.25, 0.3) is 0 Å². The van der Waals surface area contributed by atoms with Gasteiger partial charge in [-0.05, 0) is 18.2 Å². The fourth-order valence-corrected chi connectivity index (χ4v) is 2.19. The Kier molecular flexibility index (Phi) is 3.96. The van der Waals surface area contributed by atoms with Crippen LogP contribution in [0.25, 0.3) is 10.9 Å². The monoisotopic (exact) mass is 295 g/mol. The standard InChI is InChI=1S/C17H14FN3O/c18-14-8-2-1-5-13(14)11-20-17(22)21-15-9-3-6-12-7-4-10-19-16(12)15/h1-10H,11H2,(H2,20,21,22). The molecule has 0 saturated carbocycles. The fourth-order valence-electron chi connectivity index (χ4n) is 2.19. The number of nitrogens with one attached hydrogen (secondary N) is 2. The third kappa shape index (κ3) is 3.03. The van der Waals surface area contributed by atoms with Crippen LogP contribution in [0.3, 0.4) is 0 Å². The molecular formula is C17H14FN3O. The summed E-state index contributed by atoms with van der Waals surface area (Å²) in [6.07, 6.45) is 1.67. The molecule has 1 heterocycles. The van der Waals surface area contributed by atoms with E-state index in [-0.39, 0.29) is 12.4 Å². The van der Waals surface area contributed by atoms with Crippen LogP contribution in [0.4, 0.5) is 14.9 Å². The Morgan fingerprint density at radius 3 is 2.73 bits per heavy atom. The van der Waals surface area contributed by atoms with Crippen molar-refractivity contribution in [2.75, 3.05) is 5.32 Å². The predicted octanol–water partition coefficient (Wildman–Crippen LogP) is 3.70. The summed E-state index contributed by atoms with van der Waals surface area (Å²) in [6, 6.07) is 15.2. The number of para-hydroxylation sites is 1. The summed E-state index contributed by atoms with van der Waals surface area (Å²) >= 11 is 0. The largest absolute Gasteiger partial charge is 0.334 e. The first-order valence-electron chi connectivity index (χ1n) is 6.86. The Balaban J connectivity index is 1.70. The zero-order valence-electron chi connectivity index (χ0n) is 11.7. The Bertz CT molecular complexity index is 814. The molecule has 0 unspecified atom stereocenters. The summed E-state index contributed by atoms with van der Waals surface area (Å²) in [6.45, 7) is 0.122. The van der Waals surface area contributed by atoms with Gasteiger partial charge in [-0.3, -0.25) is 4.98 Å². The zero-order valence-corrected chi connectivity index (χ0v) is 11.7. The van der Waals surface area contributed by atoms with Gasteiger partial charge in [-0.15, -0.1) is 0 Å². The maximum Gasteiger partial charge on any atom is 0.319 e. The molecule has 0 radical (unpaired) electrons. The van der Waals surface area contributed by atoms with E-state index in [2.05, 4.69) is 15.6 Å². The number of hydrogen-bond acceptors (Lipinski definition) is 2. The fraction of sp³-hybridized carbons (Fsp3) is 0.0588. The number of halogens is 1. The van der Waals surface area contributed by atoms with Gasteiger partial charge in [-0.2, -0.15) is 0 Å². The molecule has 0 fully saturated rings. The average Bonchev–Trinajstić information content (AvgIpc) is 2.54. The van der Waals surface area contributed by atoms with Gasteiger partial charge >= 0.3 is 6.03 Å². The second kappa shape index (κ2) is 6.22. The first kappa shape index (κ1) is 14.0. The van der Waals surface area contributed by atoms with Crippen molar-refractivity contribution in [3.8, 4) is 0 Å². The lowest BCUT2D eigenvalue weighted by Gasteiger charge is -2.10. The average molecular weight is 295 g/mol. The van der Waals surface area contributed by atoms with Gasteiger partial charge < -0.3 is 10.6 Å². The number of carbonyl (C=O) groups is 1. The summed E-state index contributed by atoms with van der Waals surface area (Å²) < 4.78 is 13.5. The number of hydrogen-bond donors (Lipinski definition) is 2. The van der Waals surface area contributed by atoms with Crippen LogP contribution in [-0.4, -0.2) is 11.0 Å². The van der Waals surface area contributed by atoms with Crippen molar-refractivity contribution in [1.29, 1.82) is 0 Å². The van der Waals surface area contributed by atoms with Gasteiger partial charge in [0.1, 0.15) is 5.82 Å². The van der Waals surface area contributed by atoms with E-state index in [1.807, 2.05) is 24.3 Å². The highest BCUT2D eigenvalue weighted by atomic mass is 19.1. The lowest BCUT2D eigenvalue weighted by molar-refractivity contribution is 0.251. The predicted molar refractivity (Wildman–Crippen MR) is 84.0 cm³/mol. The molecule has 4 nitrogen and oxygen atoms in total. The molecule has 5 heteroatoms. The van der Waals surface area contributed by atoms with Crippen molar-refractivity contribution in [3.63, 3.8) is 0 Å². The van der Waals surface area contributed by atoms with Gasteiger partial charge in [0, 0.05) is 23.7 Å². The molecule has 0 spiro atoms. The first-order valence-corrected chi connectivity index (χ1v) is 6.86. The van der Waals surface area contributed by atoms with Crippen molar-refractivity contribution in [3.05, 3.63) is 72.2 Å². The van der Waals surface area contributed by atoms with Crippen LogP contribution in [0.1, 0.15) is 5.56 Å². The maximum absolute atomic E-state index is 13.5. The van der Waals surface area contributed by atoms with Crippen LogP contribution in [0, 0.1) is 5.82 Å². The molecule has 0 saturated heterocycles. The SMILES string of the molecule is O=C(NCc1ccccc1F)Nc1cccc2cccnc12. The van der Waals surface area contributed by atoms with Crippen molar-refractivity contribution in [2.45, 2.75) is 6.54 Å². The summed E-state index contributed by atoms with van der Waals surface area (Å²) in [5, 5.41) is 6.31. The molecule has 0 bridgehead atoms. The molecule has 1 aromatic heterocycles. The van der Waals surface area contributed by atoms with Crippen molar-refractivity contribution >= 4 is 22.6 Å². The van der Waals surface area contributed by atoms with Gasteiger partial charge in [0.2, 0.25) is 0 Å². The van der Waals surface area contributed by atoms with Crippen LogP contribution in [0.2, 0.25) is 0 Å². The van der Waals surface area contributed by atoms with Gasteiger partial charge in [0.15, 0.2) is 0 Å². The molecule has 3 aromatic rings. The maximum atomic E-state index is 13.5. The molecule has 0 aliphatic rings. The van der Waals surface area contributed by atoms with Crippen molar-refractivity contribution < 1.29 is 9.18 Å². The molecule has 2 aromatic carbocycles. The number of aromatic nitrogens is 1. The summed E-state index contributed by atoms with van der Waals surface area (Å²) in [7, 11) is 0. The van der Waals surface area contributed by atoms with E-state index in [4.69, 9.17) is 0 Å². The number of pyridine rings is 1. The molecule has 110 valence electrons. The second-order valence-electron chi connectivity index (χ2n) is 4.78. The van der Waals surface area contributed by atoms with Crippen LogP contribution in [-0.2, 0) is 6.54 Å². The molecular weight excluding hydrogens is 281 g/mol. The Morgan fingerprint density at radius 1 is 1.05 bits per heavy atom. The normalized spacial score (nSPS) is 10.4. The molecule has 3 rings (SSSR count). The number of fused-ring (bicyclic) bond motifs is 1. The van der Waals surface area contributed by atoms with E-state index in [0.29, 0.717) is 16.8 Å². The third-order valence-corrected chi connectivity index (χ3v) is 3.28. The molecule has 0 aliphatic carbocycles. The number of amides is 2. The molecule has 2 amide bonds. The number of urea groups is 1. The molecule has 2 N–H and O–H groups in total. The Labute approximate surface area is 127 Å². The summed E-state index contributed by atoms with van der Waals surface area (Å²) in [4.78, 5) is 16.2. The highest BCUT2D eigenvalue weighted by Crippen LogP contribution is 2.20. The number of benzene rings is 2. The van der Waals surface area contributed by atoms with Crippen LogP contribution in [0.15, 0.2) is 60.8 Å². The minimum atomic E-state index is -0.401. The Morgan fingerprint density at radius 2 is 1.86 bits per heavy atom. The molecule has 0 aliphatic heterocycles. The lowest BCUT2D eigenvalue weighted by atomic mass is 10.2. The molecule has 22 heavy (non-hydrogen) atoms. The van der Waals surface area contributed by atoms with E-state index < -0.39 is 6.03 Å². The van der Waals surface area contributed by atoms with E-state index in [0.717, 1.165) is 5.39 Å². The van der Waals surface area contributed by atoms with E-state index in [1.165, 1.54) is 6.07 Å². The van der Waals surface area contributed by atoms with E-state index >= 15 is 0 Å². The van der Waals surface area contributed by atoms with Gasteiger partial charge in [0.05, 0.1) is 11.2 Å². The second-order valence-corrected chi connectivity index (χ2v) is 4.78. The van der Waals surface area contributed by atoms with Crippen LogP contribution >= 0.6 is 0 Å². The third-order valence-electron chi connectivity index (χ3n) is 3.28. The number of carbonyl (C=O) groups excluding carboxylic acids is 1. The summed E-state index contributed by atoms with van der Waals surface area (Å²) in [5.74, 6) is -0.338. The molecule has 0 atom stereocenters. The topological polar surface area (TPSA) is 54.0 Å². The van der Waals surface area contributed by atoms with Gasteiger partial charge in [-0.25, -0.2) is 9.18 Å². The quantitative estimate of drug-likeness (QED) is 0.774. The van der Waals surface area contributed by atoms with Crippen molar-refractivity contribution in [2.24, 2.45) is 0 Å². The van der Waals surface area contributed by atoms with Gasteiger partial charge in [-0.1, -0.05) is 36.4 Å². The first-order chi connectivity index (χ1) is 10.7. The van der Waals surface area contributed by atoms with Crippen molar-refractivity contribution in [1.82, 2.24) is 10.3 Å². The minimum Gasteiger partial charge on any atom is -0.334 e. The Hall–Kier alpha value is -2.95. The zero-order chi connectivity index (χ0) is 15.4. The van der Waals surface area contributed by atoms with E-state index in [9.17, 15) is 9.18 Å². The van der Waals surface area contributed by atoms with E-state index in [1.54, 1.807) is 30.5 Å². The lowest BCUT2D eigenvalue weighted by Crippen LogP contribution is -2.28. The number of rotatable bonds is 3.